The smallest absolute Gasteiger partial charge is 0.279 e. The van der Waals surface area contributed by atoms with Crippen LogP contribution in [0.2, 0.25) is 0 Å². The molecule has 0 spiro atoms. The van der Waals surface area contributed by atoms with Gasteiger partial charge in [0.15, 0.2) is 0 Å². The molecule has 0 aliphatic heterocycles. The Hall–Kier alpha value is -0.180. The van der Waals surface area contributed by atoms with Crippen molar-refractivity contribution >= 4 is 17.0 Å². The quantitative estimate of drug-likeness (QED) is 0.605. The lowest BCUT2D eigenvalue weighted by atomic mass is 10.5. The summed E-state index contributed by atoms with van der Waals surface area (Å²) >= 11 is 1.42. The molecule has 2 unspecified atom stereocenters. The lowest BCUT2D eigenvalue weighted by molar-refractivity contribution is 0.262. The fraction of sp³-hybridized carbons (Fsp3) is 0.833. The van der Waals surface area contributed by atoms with Crippen LogP contribution in [0.3, 0.4) is 0 Å². The van der Waals surface area contributed by atoms with Crippen LogP contribution in [0.1, 0.15) is 13.3 Å². The first-order valence-corrected chi connectivity index (χ1v) is 4.00. The number of carbonyl (C=O) groups is 1. The SMILES string of the molecule is CNC(=O)SC1CC1C. The Labute approximate surface area is 59.4 Å². The number of rotatable bonds is 1. The maximum atomic E-state index is 10.7. The Kier molecular flexibility index (Phi) is 2.01. The first-order valence-electron chi connectivity index (χ1n) is 3.12. The normalized spacial score (nSPS) is 31.8. The van der Waals surface area contributed by atoms with E-state index in [0.717, 1.165) is 5.92 Å². The minimum Gasteiger partial charge on any atom is -0.350 e. The molecule has 1 fully saturated rings. The fourth-order valence-electron chi connectivity index (χ4n) is 0.649. The average molecular weight is 145 g/mol. The summed E-state index contributed by atoms with van der Waals surface area (Å²) in [5, 5.41) is 3.28. The highest BCUT2D eigenvalue weighted by atomic mass is 32.2. The molecule has 52 valence electrons. The van der Waals surface area contributed by atoms with Crippen LogP contribution < -0.4 is 5.32 Å². The van der Waals surface area contributed by atoms with Crippen LogP contribution in [0.15, 0.2) is 0 Å². The molecule has 1 amide bonds. The van der Waals surface area contributed by atoms with Crippen LogP contribution in [0, 0.1) is 5.92 Å². The zero-order valence-corrected chi connectivity index (χ0v) is 6.49. The van der Waals surface area contributed by atoms with Gasteiger partial charge in [0.25, 0.3) is 5.24 Å². The van der Waals surface area contributed by atoms with Crippen molar-refractivity contribution in [3.05, 3.63) is 0 Å². The van der Waals surface area contributed by atoms with Crippen molar-refractivity contribution < 1.29 is 4.79 Å². The second-order valence-corrected chi connectivity index (χ2v) is 3.62. The van der Waals surface area contributed by atoms with Gasteiger partial charge in [-0.1, -0.05) is 18.7 Å². The number of hydrogen-bond acceptors (Lipinski definition) is 2. The Morgan fingerprint density at radius 2 is 2.33 bits per heavy atom. The third-order valence-electron chi connectivity index (χ3n) is 1.50. The van der Waals surface area contributed by atoms with E-state index < -0.39 is 0 Å². The second-order valence-electron chi connectivity index (χ2n) is 2.41. The van der Waals surface area contributed by atoms with E-state index in [-0.39, 0.29) is 5.24 Å². The van der Waals surface area contributed by atoms with E-state index in [2.05, 4.69) is 12.2 Å². The first kappa shape index (κ1) is 6.93. The summed E-state index contributed by atoms with van der Waals surface area (Å²) in [5.41, 5.74) is 0. The molecule has 0 radical (unpaired) electrons. The zero-order chi connectivity index (χ0) is 6.85. The van der Waals surface area contributed by atoms with E-state index >= 15 is 0 Å². The molecule has 0 aromatic rings. The van der Waals surface area contributed by atoms with Crippen molar-refractivity contribution in [1.29, 1.82) is 0 Å². The number of thioether (sulfide) groups is 1. The van der Waals surface area contributed by atoms with Gasteiger partial charge < -0.3 is 5.32 Å². The molecular formula is C6H11NOS. The summed E-state index contributed by atoms with van der Waals surface area (Å²) in [5.74, 6) is 0.757. The molecule has 0 saturated heterocycles. The highest BCUT2D eigenvalue weighted by Gasteiger charge is 2.34. The summed E-state index contributed by atoms with van der Waals surface area (Å²) in [6.45, 7) is 2.17. The van der Waals surface area contributed by atoms with Crippen molar-refractivity contribution in [1.82, 2.24) is 5.32 Å². The Morgan fingerprint density at radius 3 is 2.67 bits per heavy atom. The fourth-order valence-corrected chi connectivity index (χ4v) is 1.67. The molecule has 1 rings (SSSR count). The standard InChI is InChI=1S/C6H11NOS/c1-4-3-5(4)9-6(8)7-2/h4-5H,3H2,1-2H3,(H,7,8). The highest BCUT2D eigenvalue weighted by molar-refractivity contribution is 8.14. The maximum absolute atomic E-state index is 10.7. The van der Waals surface area contributed by atoms with Crippen molar-refractivity contribution in [2.75, 3.05) is 7.05 Å². The molecule has 2 nitrogen and oxygen atoms in total. The molecule has 0 aromatic carbocycles. The minimum absolute atomic E-state index is 0.101. The van der Waals surface area contributed by atoms with E-state index in [4.69, 9.17) is 0 Å². The molecular weight excluding hydrogens is 134 g/mol. The summed E-state index contributed by atoms with van der Waals surface area (Å²) in [4.78, 5) is 10.7. The highest BCUT2D eigenvalue weighted by Crippen LogP contribution is 2.40. The van der Waals surface area contributed by atoms with Gasteiger partial charge in [0.2, 0.25) is 0 Å². The largest absolute Gasteiger partial charge is 0.350 e. The monoisotopic (exact) mass is 145 g/mol. The van der Waals surface area contributed by atoms with Crippen LogP contribution in [-0.2, 0) is 0 Å². The van der Waals surface area contributed by atoms with Gasteiger partial charge in [-0.2, -0.15) is 0 Å². The van der Waals surface area contributed by atoms with Gasteiger partial charge in [0.1, 0.15) is 0 Å². The van der Waals surface area contributed by atoms with Crippen LogP contribution >= 0.6 is 11.8 Å². The molecule has 0 aromatic heterocycles. The van der Waals surface area contributed by atoms with Crippen molar-refractivity contribution in [3.8, 4) is 0 Å². The van der Waals surface area contributed by atoms with E-state index in [9.17, 15) is 4.79 Å². The molecule has 9 heavy (non-hydrogen) atoms. The van der Waals surface area contributed by atoms with Gasteiger partial charge in [-0.05, 0) is 12.3 Å². The summed E-state index contributed by atoms with van der Waals surface area (Å²) < 4.78 is 0. The third kappa shape index (κ3) is 1.90. The number of hydrogen-bond donors (Lipinski definition) is 1. The molecule has 1 aliphatic carbocycles. The van der Waals surface area contributed by atoms with Gasteiger partial charge in [-0.15, -0.1) is 0 Å². The predicted molar refractivity (Wildman–Crippen MR) is 39.6 cm³/mol. The zero-order valence-electron chi connectivity index (χ0n) is 5.68. The second kappa shape index (κ2) is 2.60. The van der Waals surface area contributed by atoms with Gasteiger partial charge in [-0.3, -0.25) is 4.79 Å². The van der Waals surface area contributed by atoms with Crippen LogP contribution in [0.5, 0.6) is 0 Å². The molecule has 1 aliphatic rings. The molecule has 3 heteroatoms. The van der Waals surface area contributed by atoms with E-state index in [1.807, 2.05) is 0 Å². The van der Waals surface area contributed by atoms with Crippen LogP contribution in [0.25, 0.3) is 0 Å². The molecule has 1 saturated carbocycles. The maximum Gasteiger partial charge on any atom is 0.279 e. The van der Waals surface area contributed by atoms with Crippen LogP contribution in [-0.4, -0.2) is 17.5 Å². The Morgan fingerprint density at radius 1 is 1.78 bits per heavy atom. The third-order valence-corrected chi connectivity index (χ3v) is 2.88. The topological polar surface area (TPSA) is 29.1 Å². The molecule has 0 heterocycles. The van der Waals surface area contributed by atoms with Crippen molar-refractivity contribution in [2.45, 2.75) is 18.6 Å². The van der Waals surface area contributed by atoms with Gasteiger partial charge in [-0.25, -0.2) is 0 Å². The van der Waals surface area contributed by atoms with Crippen molar-refractivity contribution in [3.63, 3.8) is 0 Å². The lowest BCUT2D eigenvalue weighted by Crippen LogP contribution is -2.12. The first-order chi connectivity index (χ1) is 4.24. The number of amides is 1. The minimum atomic E-state index is 0.101. The number of carbonyl (C=O) groups excluding carboxylic acids is 1. The molecule has 2 atom stereocenters. The van der Waals surface area contributed by atoms with E-state index in [1.165, 1.54) is 18.2 Å². The Bertz CT molecular complexity index is 126. The molecule has 1 N–H and O–H groups in total. The predicted octanol–water partition coefficient (Wildman–Crippen LogP) is 1.47. The van der Waals surface area contributed by atoms with Gasteiger partial charge in [0, 0.05) is 12.3 Å². The van der Waals surface area contributed by atoms with E-state index in [1.54, 1.807) is 7.05 Å². The summed E-state index contributed by atoms with van der Waals surface area (Å²) in [6.07, 6.45) is 1.21. The lowest BCUT2D eigenvalue weighted by Gasteiger charge is -1.94. The van der Waals surface area contributed by atoms with Crippen molar-refractivity contribution in [2.24, 2.45) is 5.92 Å². The molecule has 0 bridgehead atoms. The van der Waals surface area contributed by atoms with E-state index in [0.29, 0.717) is 5.25 Å². The van der Waals surface area contributed by atoms with Gasteiger partial charge in [0.05, 0.1) is 0 Å². The Balaban J connectivity index is 2.12. The summed E-state index contributed by atoms with van der Waals surface area (Å²) in [6, 6.07) is 0. The van der Waals surface area contributed by atoms with Gasteiger partial charge >= 0.3 is 0 Å². The number of nitrogens with one attached hydrogen (secondary N) is 1. The average Bonchev–Trinajstić information content (AvgIpc) is 2.47. The van der Waals surface area contributed by atoms with Crippen LogP contribution in [0.4, 0.5) is 4.79 Å². The summed E-state index contributed by atoms with van der Waals surface area (Å²) in [7, 11) is 1.67.